The van der Waals surface area contributed by atoms with Crippen molar-refractivity contribution in [2.24, 2.45) is 5.92 Å². The Morgan fingerprint density at radius 1 is 1.03 bits per heavy atom. The lowest BCUT2D eigenvalue weighted by Gasteiger charge is -2.44. The summed E-state index contributed by atoms with van der Waals surface area (Å²) >= 11 is 0. The molecule has 3 aliphatic rings. The number of amides is 3. The number of carbonyl (C=O) groups excluding carboxylic acids is 2. The van der Waals surface area contributed by atoms with Crippen LogP contribution in [0.15, 0.2) is 52.9 Å². The molecule has 1 atom stereocenters. The minimum atomic E-state index is -0.262. The highest BCUT2D eigenvalue weighted by atomic mass is 35.5. The molecule has 0 spiro atoms. The second kappa shape index (κ2) is 10.1. The van der Waals surface area contributed by atoms with E-state index >= 15 is 0 Å². The third-order valence-electron chi connectivity index (χ3n) is 6.63. The minimum absolute atomic E-state index is 0. The number of furan rings is 1. The highest BCUT2D eigenvalue weighted by Crippen LogP contribution is 2.35. The topological polar surface area (TPSA) is 86.6 Å². The molecular formula is C26H31ClN4O3. The highest BCUT2D eigenvalue weighted by Gasteiger charge is 2.35. The summed E-state index contributed by atoms with van der Waals surface area (Å²) in [6, 6.07) is 15.2. The van der Waals surface area contributed by atoms with Crippen LogP contribution >= 0.6 is 12.4 Å². The van der Waals surface area contributed by atoms with Crippen LogP contribution in [0.5, 0.6) is 0 Å². The average Bonchev–Trinajstić information content (AvgIpc) is 3.25. The van der Waals surface area contributed by atoms with Crippen molar-refractivity contribution in [1.82, 2.24) is 15.5 Å². The Balaban J connectivity index is 0.00000274. The van der Waals surface area contributed by atoms with Crippen LogP contribution in [0.3, 0.4) is 0 Å². The number of nitrogens with one attached hydrogen (secondary N) is 3. The first-order chi connectivity index (χ1) is 16.0. The second-order valence-corrected chi connectivity index (χ2v) is 9.35. The van der Waals surface area contributed by atoms with Gasteiger partial charge in [-0.3, -0.25) is 4.79 Å². The molecule has 4 heterocycles. The van der Waals surface area contributed by atoms with Crippen LogP contribution in [-0.2, 0) is 0 Å². The first-order valence-corrected chi connectivity index (χ1v) is 11.7. The number of urea groups is 1. The van der Waals surface area contributed by atoms with Gasteiger partial charge in [-0.05, 0) is 57.8 Å². The number of hydrogen-bond acceptors (Lipinski definition) is 4. The molecule has 3 amide bonds. The summed E-state index contributed by atoms with van der Waals surface area (Å²) in [6.07, 6.45) is 2.28. The van der Waals surface area contributed by atoms with Gasteiger partial charge >= 0.3 is 6.03 Å². The Kier molecular flexibility index (Phi) is 7.14. The fourth-order valence-corrected chi connectivity index (χ4v) is 5.00. The number of rotatable bonds is 5. The van der Waals surface area contributed by atoms with Crippen LogP contribution < -0.4 is 16.0 Å². The van der Waals surface area contributed by atoms with Gasteiger partial charge in [-0.1, -0.05) is 36.4 Å². The molecule has 3 N–H and O–H groups in total. The van der Waals surface area contributed by atoms with E-state index in [0.29, 0.717) is 22.9 Å². The number of fused-ring (bicyclic) bond motifs is 4. The number of piperidine rings is 3. The van der Waals surface area contributed by atoms with E-state index in [0.717, 1.165) is 49.0 Å². The summed E-state index contributed by atoms with van der Waals surface area (Å²) in [6.45, 7) is 7.01. The van der Waals surface area contributed by atoms with Gasteiger partial charge < -0.3 is 25.3 Å². The smallest absolute Gasteiger partial charge is 0.319 e. The predicted octanol–water partition coefficient (Wildman–Crippen LogP) is 4.88. The van der Waals surface area contributed by atoms with Crippen LogP contribution in [0.4, 0.5) is 10.5 Å². The fraction of sp³-hybridized carbons (Fsp3) is 0.385. The summed E-state index contributed by atoms with van der Waals surface area (Å²) in [5, 5.41) is 9.83. The van der Waals surface area contributed by atoms with Crippen molar-refractivity contribution >= 4 is 41.0 Å². The quantitative estimate of drug-likeness (QED) is 0.484. The van der Waals surface area contributed by atoms with E-state index in [1.54, 1.807) is 6.07 Å². The molecule has 6 rings (SSSR count). The zero-order chi connectivity index (χ0) is 22.9. The second-order valence-electron chi connectivity index (χ2n) is 9.35. The molecule has 2 aromatic carbocycles. The summed E-state index contributed by atoms with van der Waals surface area (Å²) < 4.78 is 6.11. The van der Waals surface area contributed by atoms with Crippen molar-refractivity contribution in [3.05, 3.63) is 54.3 Å². The van der Waals surface area contributed by atoms with Gasteiger partial charge in [-0.2, -0.15) is 0 Å². The molecular weight excluding hydrogens is 452 g/mol. The van der Waals surface area contributed by atoms with Crippen LogP contribution in [-0.4, -0.2) is 48.6 Å². The lowest BCUT2D eigenvalue weighted by molar-refractivity contribution is 0.0607. The number of para-hydroxylation sites is 2. The Morgan fingerprint density at radius 2 is 1.76 bits per heavy atom. The summed E-state index contributed by atoms with van der Waals surface area (Å²) in [5.41, 5.74) is 2.98. The van der Waals surface area contributed by atoms with E-state index < -0.39 is 0 Å². The van der Waals surface area contributed by atoms with Crippen molar-refractivity contribution < 1.29 is 14.0 Å². The first-order valence-electron chi connectivity index (χ1n) is 11.7. The standard InChI is InChI=1S/C26H30N4O3.ClH/c1-16(2)27-26(32)29-21-9-4-3-7-19(21)20-8-5-6-18-14-23(33-24(18)20)25(31)28-22-15-30-12-10-17(22)11-13-30;/h3-9,14,16-17,22H,10-13,15H2,1-2H3,(H,28,31)(H2,27,29,32);1H/t22-;/m0./s1. The van der Waals surface area contributed by atoms with E-state index in [-0.39, 0.29) is 36.4 Å². The Morgan fingerprint density at radius 3 is 2.47 bits per heavy atom. The van der Waals surface area contributed by atoms with E-state index in [4.69, 9.17) is 4.42 Å². The highest BCUT2D eigenvalue weighted by molar-refractivity contribution is 6.03. The van der Waals surface area contributed by atoms with Crippen LogP contribution in [0.25, 0.3) is 22.1 Å². The molecule has 180 valence electrons. The summed E-state index contributed by atoms with van der Waals surface area (Å²) in [5.74, 6) is 0.698. The van der Waals surface area contributed by atoms with Crippen LogP contribution in [0.1, 0.15) is 37.2 Å². The maximum Gasteiger partial charge on any atom is 0.319 e. The lowest BCUT2D eigenvalue weighted by atomic mass is 9.84. The first kappa shape index (κ1) is 24.1. The zero-order valence-corrected chi connectivity index (χ0v) is 20.3. The summed E-state index contributed by atoms with van der Waals surface area (Å²) in [7, 11) is 0. The molecule has 2 bridgehead atoms. The van der Waals surface area contributed by atoms with Gasteiger partial charge in [0.25, 0.3) is 5.91 Å². The zero-order valence-electron chi connectivity index (χ0n) is 19.5. The number of hydrogen-bond donors (Lipinski definition) is 3. The predicted molar refractivity (Wildman–Crippen MR) is 137 cm³/mol. The van der Waals surface area contributed by atoms with Crippen molar-refractivity contribution in [3.63, 3.8) is 0 Å². The van der Waals surface area contributed by atoms with Gasteiger partial charge in [-0.25, -0.2) is 4.79 Å². The normalized spacial score (nSPS) is 21.2. The van der Waals surface area contributed by atoms with E-state index in [9.17, 15) is 9.59 Å². The van der Waals surface area contributed by atoms with Crippen LogP contribution in [0, 0.1) is 5.92 Å². The molecule has 0 radical (unpaired) electrons. The van der Waals surface area contributed by atoms with E-state index in [1.165, 1.54) is 0 Å². The average molecular weight is 483 g/mol. The van der Waals surface area contributed by atoms with Crippen molar-refractivity contribution in [1.29, 1.82) is 0 Å². The lowest BCUT2D eigenvalue weighted by Crippen LogP contribution is -2.57. The van der Waals surface area contributed by atoms with Crippen LogP contribution in [0.2, 0.25) is 0 Å². The van der Waals surface area contributed by atoms with Crippen molar-refractivity contribution in [2.75, 3.05) is 25.0 Å². The van der Waals surface area contributed by atoms with Crippen molar-refractivity contribution in [3.8, 4) is 11.1 Å². The third-order valence-corrected chi connectivity index (χ3v) is 6.63. The number of halogens is 1. The molecule has 34 heavy (non-hydrogen) atoms. The van der Waals surface area contributed by atoms with E-state index in [2.05, 4.69) is 20.9 Å². The van der Waals surface area contributed by atoms with Gasteiger partial charge in [0.1, 0.15) is 5.58 Å². The number of carbonyl (C=O) groups is 2. The largest absolute Gasteiger partial charge is 0.450 e. The molecule has 0 saturated carbocycles. The van der Waals surface area contributed by atoms with Gasteiger partial charge in [-0.15, -0.1) is 12.4 Å². The van der Waals surface area contributed by atoms with Gasteiger partial charge in [0.2, 0.25) is 0 Å². The molecule has 0 aliphatic carbocycles. The van der Waals surface area contributed by atoms with Gasteiger partial charge in [0.15, 0.2) is 5.76 Å². The molecule has 3 aliphatic heterocycles. The maximum atomic E-state index is 13.0. The van der Waals surface area contributed by atoms with Gasteiger partial charge in [0, 0.05) is 35.1 Å². The molecule has 7 nitrogen and oxygen atoms in total. The fourth-order valence-electron chi connectivity index (χ4n) is 5.00. The molecule has 8 heteroatoms. The van der Waals surface area contributed by atoms with Crippen molar-refractivity contribution in [2.45, 2.75) is 38.8 Å². The Labute approximate surface area is 205 Å². The number of anilines is 1. The monoisotopic (exact) mass is 482 g/mol. The molecule has 3 fully saturated rings. The van der Waals surface area contributed by atoms with E-state index in [1.807, 2.05) is 56.3 Å². The number of nitrogens with zero attached hydrogens (tertiary/aromatic N) is 1. The minimum Gasteiger partial charge on any atom is -0.450 e. The molecule has 3 saturated heterocycles. The maximum absolute atomic E-state index is 13.0. The SMILES string of the molecule is CC(C)NC(=O)Nc1ccccc1-c1cccc2cc(C(=O)N[C@H]3CN4CCC3CC4)oc12.Cl. The number of benzene rings is 2. The molecule has 3 aromatic rings. The molecule has 1 aromatic heterocycles. The third kappa shape index (κ3) is 4.91. The van der Waals surface area contributed by atoms with Gasteiger partial charge in [0.05, 0.1) is 5.69 Å². The Bertz CT molecular complexity index is 1180. The summed E-state index contributed by atoms with van der Waals surface area (Å²) in [4.78, 5) is 27.8. The Hall–Kier alpha value is -3.03. The molecule has 0 unspecified atom stereocenters.